The van der Waals surface area contributed by atoms with Crippen molar-refractivity contribution in [3.05, 3.63) is 113 Å². The number of rotatable bonds is 11. The Hall–Kier alpha value is -4.08. The van der Waals surface area contributed by atoms with Crippen LogP contribution in [-0.2, 0) is 27.3 Å². The summed E-state index contributed by atoms with van der Waals surface area (Å²) in [6, 6.07) is 22.5. The van der Waals surface area contributed by atoms with Crippen LogP contribution in [0.5, 0.6) is 5.75 Å². The number of benzene rings is 3. The molecule has 4 rings (SSSR count). The summed E-state index contributed by atoms with van der Waals surface area (Å²) < 4.78 is 5.79. The molecule has 1 fully saturated rings. The van der Waals surface area contributed by atoms with Crippen molar-refractivity contribution in [2.45, 2.75) is 45.0 Å². The lowest BCUT2D eigenvalue weighted by Gasteiger charge is -2.30. The summed E-state index contributed by atoms with van der Waals surface area (Å²) in [5, 5.41) is 17.0. The maximum atomic E-state index is 13.6. The normalized spacial score (nSPS) is 16.1. The molecule has 0 bridgehead atoms. The highest BCUT2D eigenvalue weighted by Gasteiger charge is 2.42. The van der Waals surface area contributed by atoms with Gasteiger partial charge in [-0.05, 0) is 42.5 Å². The van der Waals surface area contributed by atoms with E-state index in [1.54, 1.807) is 0 Å². The van der Waals surface area contributed by atoms with Crippen LogP contribution in [-0.4, -0.2) is 58.4 Å². The molecule has 0 unspecified atom stereocenters. The van der Waals surface area contributed by atoms with Gasteiger partial charge in [0.05, 0.1) is 11.9 Å². The smallest absolute Gasteiger partial charge is 0.258 e. The van der Waals surface area contributed by atoms with E-state index in [1.165, 1.54) is 16.7 Å². The van der Waals surface area contributed by atoms with E-state index in [2.05, 4.69) is 17.2 Å². The minimum atomic E-state index is -1.60. The molecule has 0 radical (unpaired) electrons. The van der Waals surface area contributed by atoms with Gasteiger partial charge < -0.3 is 25.4 Å². The molecule has 3 N–H and O–H groups in total. The molecular formula is C32H35N3O5S. The van der Waals surface area contributed by atoms with E-state index < -0.39 is 30.0 Å². The summed E-state index contributed by atoms with van der Waals surface area (Å²) in [4.78, 5) is 41.6. The molecule has 41 heavy (non-hydrogen) atoms. The van der Waals surface area contributed by atoms with Gasteiger partial charge in [0.15, 0.2) is 12.7 Å². The number of ether oxygens (including phenoxy) is 1. The summed E-state index contributed by atoms with van der Waals surface area (Å²) in [5.41, 5.74) is 3.55. The molecular weight excluding hydrogens is 538 g/mol. The van der Waals surface area contributed by atoms with E-state index >= 15 is 0 Å². The monoisotopic (exact) mass is 573 g/mol. The molecule has 0 saturated carbocycles. The molecule has 3 atom stereocenters. The van der Waals surface area contributed by atoms with Crippen LogP contribution in [0.25, 0.3) is 0 Å². The van der Waals surface area contributed by atoms with Gasteiger partial charge in [0.25, 0.3) is 11.8 Å². The number of para-hydroxylation sites is 1. The molecule has 3 amide bonds. The Bertz CT molecular complexity index is 1360. The largest absolute Gasteiger partial charge is 0.483 e. The molecule has 9 heteroatoms. The third-order valence-corrected chi connectivity index (χ3v) is 7.88. The lowest BCUT2D eigenvalue weighted by molar-refractivity contribution is -0.146. The van der Waals surface area contributed by atoms with Crippen LogP contribution < -0.4 is 15.4 Å². The number of aliphatic hydroxyl groups excluding tert-OH is 1. The number of aryl methyl sites for hydroxylation is 2. The lowest BCUT2D eigenvalue weighted by Crippen LogP contribution is -2.56. The lowest BCUT2D eigenvalue weighted by atomic mass is 9.99. The van der Waals surface area contributed by atoms with Gasteiger partial charge in [-0.3, -0.25) is 14.4 Å². The highest BCUT2D eigenvalue weighted by Crippen LogP contribution is 2.32. The fourth-order valence-electron chi connectivity index (χ4n) is 4.70. The van der Waals surface area contributed by atoms with Gasteiger partial charge in [-0.1, -0.05) is 85.4 Å². The van der Waals surface area contributed by atoms with Crippen molar-refractivity contribution in [2.75, 3.05) is 12.5 Å². The molecule has 0 aliphatic carbocycles. The minimum Gasteiger partial charge on any atom is -0.483 e. The summed E-state index contributed by atoms with van der Waals surface area (Å²) in [5.74, 6) is -0.726. The highest BCUT2D eigenvalue weighted by atomic mass is 32.2. The molecule has 0 aromatic heterocycles. The SMILES string of the molecule is C=C1SCN(C(=O)[C@@H](O)[C@H](Cc2ccccc2)NC(=O)COc2c(C)cccc2C)[C@@H]1C(=O)NCc1ccccc1. The predicted octanol–water partition coefficient (Wildman–Crippen LogP) is 3.50. The van der Waals surface area contributed by atoms with Gasteiger partial charge in [0.1, 0.15) is 11.8 Å². The summed E-state index contributed by atoms with van der Waals surface area (Å²) in [6.45, 7) is 7.79. The first-order valence-corrected chi connectivity index (χ1v) is 14.4. The van der Waals surface area contributed by atoms with Gasteiger partial charge in [0, 0.05) is 11.4 Å². The number of hydrogen-bond acceptors (Lipinski definition) is 6. The van der Waals surface area contributed by atoms with Gasteiger partial charge in [-0.2, -0.15) is 0 Å². The van der Waals surface area contributed by atoms with E-state index in [9.17, 15) is 19.5 Å². The van der Waals surface area contributed by atoms with Crippen LogP contribution in [0.2, 0.25) is 0 Å². The Labute approximate surface area is 244 Å². The molecule has 3 aromatic carbocycles. The Morgan fingerprint density at radius 1 is 0.976 bits per heavy atom. The van der Waals surface area contributed by atoms with E-state index in [0.29, 0.717) is 17.2 Å². The number of thioether (sulfide) groups is 1. The molecule has 1 heterocycles. The number of nitrogens with zero attached hydrogens (tertiary/aromatic N) is 1. The number of nitrogens with one attached hydrogen (secondary N) is 2. The number of aliphatic hydroxyl groups is 1. The van der Waals surface area contributed by atoms with Crippen molar-refractivity contribution in [3.63, 3.8) is 0 Å². The second kappa shape index (κ2) is 14.0. The Kier molecular flexibility index (Phi) is 10.2. The van der Waals surface area contributed by atoms with Gasteiger partial charge >= 0.3 is 0 Å². The third-order valence-electron chi connectivity index (χ3n) is 6.88. The number of amides is 3. The van der Waals surface area contributed by atoms with Crippen LogP contribution in [0, 0.1) is 13.8 Å². The van der Waals surface area contributed by atoms with E-state index in [0.717, 1.165) is 22.3 Å². The highest BCUT2D eigenvalue weighted by molar-refractivity contribution is 8.03. The third kappa shape index (κ3) is 7.77. The summed E-state index contributed by atoms with van der Waals surface area (Å²) in [6.07, 6.45) is -1.40. The Morgan fingerprint density at radius 2 is 1.59 bits per heavy atom. The topological polar surface area (TPSA) is 108 Å². The summed E-state index contributed by atoms with van der Waals surface area (Å²) in [7, 11) is 0. The van der Waals surface area contributed by atoms with Crippen LogP contribution in [0.1, 0.15) is 22.3 Å². The Morgan fingerprint density at radius 3 is 2.22 bits per heavy atom. The van der Waals surface area contributed by atoms with Crippen molar-refractivity contribution in [1.29, 1.82) is 0 Å². The summed E-state index contributed by atoms with van der Waals surface area (Å²) >= 11 is 1.28. The van der Waals surface area contributed by atoms with Gasteiger partial charge in [-0.15, -0.1) is 11.8 Å². The molecule has 3 aromatic rings. The predicted molar refractivity (Wildman–Crippen MR) is 160 cm³/mol. The first kappa shape index (κ1) is 29.9. The zero-order valence-electron chi connectivity index (χ0n) is 23.2. The standard InChI is InChI=1S/C32H35N3O5S/c1-21-11-10-12-22(2)30(21)40-19-27(36)34-26(17-24-13-6-4-7-14-24)29(37)32(39)35-20-41-23(3)28(35)31(38)33-18-25-15-8-5-9-16-25/h4-16,26,28-29,37H,3,17-20H2,1-2H3,(H,33,38)(H,34,36)/t26-,28-,29-/m0/s1. The average Bonchev–Trinajstić information content (AvgIpc) is 3.37. The maximum Gasteiger partial charge on any atom is 0.258 e. The first-order valence-electron chi connectivity index (χ1n) is 13.4. The Balaban J connectivity index is 1.46. The van der Waals surface area contributed by atoms with Crippen molar-refractivity contribution >= 4 is 29.5 Å². The van der Waals surface area contributed by atoms with Gasteiger partial charge in [-0.25, -0.2) is 0 Å². The molecule has 1 aliphatic heterocycles. The van der Waals surface area contributed by atoms with Crippen LogP contribution in [0.15, 0.2) is 90.3 Å². The van der Waals surface area contributed by atoms with Crippen LogP contribution in [0.4, 0.5) is 0 Å². The van der Waals surface area contributed by atoms with E-state index in [4.69, 9.17) is 4.74 Å². The minimum absolute atomic E-state index is 0.166. The molecule has 214 valence electrons. The number of hydrogen-bond donors (Lipinski definition) is 3. The number of carbonyl (C=O) groups is 3. The first-order chi connectivity index (χ1) is 19.7. The van der Waals surface area contributed by atoms with Crippen molar-refractivity contribution < 1.29 is 24.2 Å². The van der Waals surface area contributed by atoms with Crippen LogP contribution in [0.3, 0.4) is 0 Å². The van der Waals surface area contributed by atoms with E-state index in [1.807, 2.05) is 92.7 Å². The van der Waals surface area contributed by atoms with E-state index in [-0.39, 0.29) is 24.8 Å². The van der Waals surface area contributed by atoms with Gasteiger partial charge in [0.2, 0.25) is 5.91 Å². The quantitative estimate of drug-likeness (QED) is 0.324. The van der Waals surface area contributed by atoms with Crippen LogP contribution >= 0.6 is 11.8 Å². The maximum absolute atomic E-state index is 13.6. The molecule has 0 spiro atoms. The molecule has 1 aliphatic rings. The molecule has 1 saturated heterocycles. The number of carbonyl (C=O) groups excluding carboxylic acids is 3. The second-order valence-corrected chi connectivity index (χ2v) is 11.0. The van der Waals surface area contributed by atoms with Crippen molar-refractivity contribution in [3.8, 4) is 5.75 Å². The fourth-order valence-corrected chi connectivity index (χ4v) is 5.68. The van der Waals surface area contributed by atoms with Crippen molar-refractivity contribution in [2.24, 2.45) is 0 Å². The fraction of sp³-hybridized carbons (Fsp3) is 0.281. The average molecular weight is 574 g/mol. The van der Waals surface area contributed by atoms with Crippen molar-refractivity contribution in [1.82, 2.24) is 15.5 Å². The zero-order chi connectivity index (χ0) is 29.4. The second-order valence-electron chi connectivity index (χ2n) is 9.97. The zero-order valence-corrected chi connectivity index (χ0v) is 24.0. The molecule has 8 nitrogen and oxygen atoms in total.